The number of nitrogens with zero attached hydrogens (tertiary/aromatic N) is 1. The van der Waals surface area contributed by atoms with Crippen molar-refractivity contribution in [1.82, 2.24) is 0 Å². The summed E-state index contributed by atoms with van der Waals surface area (Å²) in [5, 5.41) is 13.6. The molecule has 0 spiro atoms. The molecule has 0 bridgehead atoms. The molecule has 1 heterocycles. The van der Waals surface area contributed by atoms with Crippen molar-refractivity contribution in [3.05, 3.63) is 48.0 Å². The number of para-hydroxylation sites is 1. The highest BCUT2D eigenvalue weighted by atomic mass is 16.4. The molecule has 0 aliphatic rings. The van der Waals surface area contributed by atoms with Crippen molar-refractivity contribution in [2.75, 3.05) is 0 Å². The zero-order valence-electron chi connectivity index (χ0n) is 8.42. The number of benzene rings is 2. The van der Waals surface area contributed by atoms with Gasteiger partial charge in [0.15, 0.2) is 0 Å². The minimum Gasteiger partial charge on any atom is -0.456 e. The first-order chi connectivity index (χ1) is 7.88. The van der Waals surface area contributed by atoms with Crippen molar-refractivity contribution in [3.8, 4) is 0 Å². The van der Waals surface area contributed by atoms with Gasteiger partial charge in [-0.1, -0.05) is 23.4 Å². The van der Waals surface area contributed by atoms with Gasteiger partial charge in [0.2, 0.25) is 0 Å². The molecule has 0 aliphatic carbocycles. The standard InChI is InChI=1S/C13H9NO2/c15-14-8-9-5-6-13-11(7-9)10-3-1-2-4-12(10)16-13/h1-8,15H/b14-8-. The second kappa shape index (κ2) is 3.38. The quantitative estimate of drug-likeness (QED) is 0.381. The molecule has 0 radical (unpaired) electrons. The van der Waals surface area contributed by atoms with Gasteiger partial charge < -0.3 is 9.62 Å². The Morgan fingerprint density at radius 2 is 1.81 bits per heavy atom. The van der Waals surface area contributed by atoms with E-state index in [2.05, 4.69) is 5.16 Å². The van der Waals surface area contributed by atoms with Gasteiger partial charge in [-0.2, -0.15) is 0 Å². The Morgan fingerprint density at radius 3 is 2.69 bits per heavy atom. The summed E-state index contributed by atoms with van der Waals surface area (Å²) in [5.74, 6) is 0. The molecule has 0 atom stereocenters. The Morgan fingerprint density at radius 1 is 1.00 bits per heavy atom. The van der Waals surface area contributed by atoms with Gasteiger partial charge in [0.25, 0.3) is 0 Å². The minimum atomic E-state index is 0.844. The fraction of sp³-hybridized carbons (Fsp3) is 0. The predicted molar refractivity (Wildman–Crippen MR) is 63.1 cm³/mol. The van der Waals surface area contributed by atoms with Crippen LogP contribution in [0.1, 0.15) is 5.56 Å². The molecular weight excluding hydrogens is 202 g/mol. The molecular formula is C13H9NO2. The monoisotopic (exact) mass is 211 g/mol. The number of hydrogen-bond donors (Lipinski definition) is 1. The number of hydrogen-bond acceptors (Lipinski definition) is 3. The molecule has 16 heavy (non-hydrogen) atoms. The van der Waals surface area contributed by atoms with Gasteiger partial charge in [-0.05, 0) is 29.8 Å². The summed E-state index contributed by atoms with van der Waals surface area (Å²) < 4.78 is 5.68. The van der Waals surface area contributed by atoms with Crippen LogP contribution in [0.4, 0.5) is 0 Å². The molecule has 1 N–H and O–H groups in total. The molecule has 3 aromatic rings. The van der Waals surface area contributed by atoms with E-state index in [0.29, 0.717) is 0 Å². The van der Waals surface area contributed by atoms with Crippen LogP contribution in [0, 0.1) is 0 Å². The lowest BCUT2D eigenvalue weighted by molar-refractivity contribution is 0.322. The summed E-state index contributed by atoms with van der Waals surface area (Å²) in [4.78, 5) is 0. The molecule has 3 heteroatoms. The van der Waals surface area contributed by atoms with Crippen molar-refractivity contribution < 1.29 is 9.62 Å². The van der Waals surface area contributed by atoms with Crippen LogP contribution in [-0.4, -0.2) is 11.4 Å². The molecule has 2 aromatic carbocycles. The molecule has 0 unspecified atom stereocenters. The van der Waals surface area contributed by atoms with Crippen molar-refractivity contribution in [2.45, 2.75) is 0 Å². The maximum Gasteiger partial charge on any atom is 0.135 e. The highest BCUT2D eigenvalue weighted by molar-refractivity contribution is 6.06. The summed E-state index contributed by atoms with van der Waals surface area (Å²) in [6.45, 7) is 0. The third-order valence-corrected chi connectivity index (χ3v) is 2.61. The zero-order valence-corrected chi connectivity index (χ0v) is 8.42. The third-order valence-electron chi connectivity index (χ3n) is 2.61. The summed E-state index contributed by atoms with van der Waals surface area (Å²) in [6, 6.07) is 13.6. The van der Waals surface area contributed by atoms with Gasteiger partial charge in [0.1, 0.15) is 11.2 Å². The molecule has 0 saturated heterocycles. The highest BCUT2D eigenvalue weighted by Crippen LogP contribution is 2.28. The summed E-state index contributed by atoms with van der Waals surface area (Å²) in [6.07, 6.45) is 1.40. The fourth-order valence-corrected chi connectivity index (χ4v) is 1.89. The van der Waals surface area contributed by atoms with Crippen LogP contribution >= 0.6 is 0 Å². The van der Waals surface area contributed by atoms with Crippen LogP contribution in [0.15, 0.2) is 52.0 Å². The number of fused-ring (bicyclic) bond motifs is 3. The van der Waals surface area contributed by atoms with Gasteiger partial charge in [0.05, 0.1) is 6.21 Å². The summed E-state index contributed by atoms with van der Waals surface area (Å²) in [5.41, 5.74) is 2.56. The molecule has 0 aliphatic heterocycles. The van der Waals surface area contributed by atoms with Gasteiger partial charge in [-0.3, -0.25) is 0 Å². The SMILES string of the molecule is O/N=C\c1ccc2oc3ccccc3c2c1. The van der Waals surface area contributed by atoms with Crippen LogP contribution in [0.25, 0.3) is 21.9 Å². The zero-order chi connectivity index (χ0) is 11.0. The van der Waals surface area contributed by atoms with E-state index < -0.39 is 0 Å². The van der Waals surface area contributed by atoms with E-state index in [4.69, 9.17) is 9.62 Å². The van der Waals surface area contributed by atoms with Gasteiger partial charge >= 0.3 is 0 Å². The molecule has 0 fully saturated rings. The van der Waals surface area contributed by atoms with Gasteiger partial charge in [0, 0.05) is 10.8 Å². The molecule has 1 aromatic heterocycles. The molecule has 3 nitrogen and oxygen atoms in total. The van der Waals surface area contributed by atoms with Crippen LogP contribution in [-0.2, 0) is 0 Å². The predicted octanol–water partition coefficient (Wildman–Crippen LogP) is 3.39. The van der Waals surface area contributed by atoms with Crippen molar-refractivity contribution >= 4 is 28.2 Å². The van der Waals surface area contributed by atoms with E-state index >= 15 is 0 Å². The normalized spacial score (nSPS) is 11.8. The average Bonchev–Trinajstić information content (AvgIpc) is 2.68. The lowest BCUT2D eigenvalue weighted by Crippen LogP contribution is -1.79. The largest absolute Gasteiger partial charge is 0.456 e. The Bertz CT molecular complexity index is 683. The van der Waals surface area contributed by atoms with E-state index in [1.54, 1.807) is 0 Å². The summed E-state index contributed by atoms with van der Waals surface area (Å²) in [7, 11) is 0. The lowest BCUT2D eigenvalue weighted by atomic mass is 10.1. The first kappa shape index (κ1) is 8.97. The molecule has 0 amide bonds. The molecule has 3 rings (SSSR count). The van der Waals surface area contributed by atoms with E-state index in [9.17, 15) is 0 Å². The number of furan rings is 1. The Balaban J connectivity index is 2.39. The number of rotatable bonds is 1. The topological polar surface area (TPSA) is 45.7 Å². The van der Waals surface area contributed by atoms with Crippen LogP contribution in [0.2, 0.25) is 0 Å². The Hall–Kier alpha value is -2.29. The van der Waals surface area contributed by atoms with Gasteiger partial charge in [-0.15, -0.1) is 0 Å². The number of oxime groups is 1. The average molecular weight is 211 g/mol. The van der Waals surface area contributed by atoms with E-state index in [0.717, 1.165) is 27.5 Å². The second-order valence-electron chi connectivity index (χ2n) is 3.60. The minimum absolute atomic E-state index is 0.844. The fourth-order valence-electron chi connectivity index (χ4n) is 1.89. The first-order valence-electron chi connectivity index (χ1n) is 4.97. The Kier molecular flexibility index (Phi) is 1.90. The summed E-state index contributed by atoms with van der Waals surface area (Å²) >= 11 is 0. The van der Waals surface area contributed by atoms with E-state index in [-0.39, 0.29) is 0 Å². The lowest BCUT2D eigenvalue weighted by Gasteiger charge is -1.91. The van der Waals surface area contributed by atoms with Crippen molar-refractivity contribution in [1.29, 1.82) is 0 Å². The van der Waals surface area contributed by atoms with Crippen LogP contribution in [0.3, 0.4) is 0 Å². The van der Waals surface area contributed by atoms with E-state index in [1.165, 1.54) is 6.21 Å². The maximum absolute atomic E-state index is 8.50. The second-order valence-corrected chi connectivity index (χ2v) is 3.60. The third kappa shape index (κ3) is 1.26. The highest BCUT2D eigenvalue weighted by Gasteiger charge is 2.05. The smallest absolute Gasteiger partial charge is 0.135 e. The van der Waals surface area contributed by atoms with Crippen molar-refractivity contribution in [2.24, 2.45) is 5.16 Å². The van der Waals surface area contributed by atoms with E-state index in [1.807, 2.05) is 42.5 Å². The van der Waals surface area contributed by atoms with Gasteiger partial charge in [-0.25, -0.2) is 0 Å². The first-order valence-corrected chi connectivity index (χ1v) is 4.97. The van der Waals surface area contributed by atoms with Crippen molar-refractivity contribution in [3.63, 3.8) is 0 Å². The Labute approximate surface area is 91.6 Å². The molecule has 78 valence electrons. The van der Waals surface area contributed by atoms with Crippen LogP contribution < -0.4 is 0 Å². The maximum atomic E-state index is 8.50. The van der Waals surface area contributed by atoms with Crippen LogP contribution in [0.5, 0.6) is 0 Å². The molecule has 0 saturated carbocycles.